The summed E-state index contributed by atoms with van der Waals surface area (Å²) in [5.74, 6) is 0.214. The van der Waals surface area contributed by atoms with Gasteiger partial charge in [-0.25, -0.2) is 9.37 Å². The maximum Gasteiger partial charge on any atom is 0.257 e. The van der Waals surface area contributed by atoms with Gasteiger partial charge in [0.1, 0.15) is 5.82 Å². The first kappa shape index (κ1) is 16.2. The zero-order chi connectivity index (χ0) is 17.4. The second-order valence-electron chi connectivity index (χ2n) is 5.61. The van der Waals surface area contributed by atoms with Crippen LogP contribution in [0.25, 0.3) is 11.3 Å². The van der Waals surface area contributed by atoms with Gasteiger partial charge in [0.2, 0.25) is 0 Å². The van der Waals surface area contributed by atoms with Gasteiger partial charge in [-0.1, -0.05) is 35.5 Å². The normalized spacial score (nSPS) is 12.9. The summed E-state index contributed by atoms with van der Waals surface area (Å²) in [6, 6.07) is 11.1. The van der Waals surface area contributed by atoms with Crippen LogP contribution in [-0.4, -0.2) is 21.2 Å². The van der Waals surface area contributed by atoms with E-state index in [1.807, 2.05) is 30.5 Å². The standard InChI is InChI=1S/C18H13ClFN3OS/c19-15-9-12(20)3-6-14(15)17(24)21-13-4-1-11(2-5-13)16-10-23-7-8-25-18(23)22-16/h1-6,9-10H,7-8H2,(H,21,24). The number of fused-ring (bicyclic) bond motifs is 1. The van der Waals surface area contributed by atoms with Crippen LogP contribution in [0.1, 0.15) is 10.4 Å². The quantitative estimate of drug-likeness (QED) is 0.723. The Kier molecular flexibility index (Phi) is 4.23. The molecule has 0 radical (unpaired) electrons. The first-order valence-corrected chi connectivity index (χ1v) is 9.03. The zero-order valence-corrected chi connectivity index (χ0v) is 14.6. The van der Waals surface area contributed by atoms with Crippen LogP contribution in [0.5, 0.6) is 0 Å². The van der Waals surface area contributed by atoms with Gasteiger partial charge < -0.3 is 9.88 Å². The molecular weight excluding hydrogens is 361 g/mol. The summed E-state index contributed by atoms with van der Waals surface area (Å²) in [6.07, 6.45) is 2.04. The molecule has 0 fully saturated rings. The van der Waals surface area contributed by atoms with Gasteiger partial charge in [-0.3, -0.25) is 4.79 Å². The Hall–Kier alpha value is -2.31. The van der Waals surface area contributed by atoms with Crippen molar-refractivity contribution in [1.29, 1.82) is 0 Å². The Morgan fingerprint density at radius 1 is 1.24 bits per heavy atom. The maximum atomic E-state index is 13.1. The van der Waals surface area contributed by atoms with Crippen LogP contribution in [-0.2, 0) is 6.54 Å². The van der Waals surface area contributed by atoms with Gasteiger partial charge in [-0.2, -0.15) is 0 Å². The molecular formula is C18H13ClFN3OS. The highest BCUT2D eigenvalue weighted by Crippen LogP contribution is 2.29. The Labute approximate surface area is 153 Å². The molecule has 2 heterocycles. The Balaban J connectivity index is 1.51. The summed E-state index contributed by atoms with van der Waals surface area (Å²) in [5.41, 5.74) is 2.77. The third-order valence-corrected chi connectivity index (χ3v) is 5.20. The summed E-state index contributed by atoms with van der Waals surface area (Å²) in [5, 5.41) is 3.88. The number of aromatic nitrogens is 2. The Morgan fingerprint density at radius 3 is 2.76 bits per heavy atom. The van der Waals surface area contributed by atoms with Crippen molar-refractivity contribution in [3.05, 3.63) is 65.1 Å². The van der Waals surface area contributed by atoms with Crippen LogP contribution in [0.3, 0.4) is 0 Å². The molecule has 0 atom stereocenters. The number of halogens is 2. The van der Waals surface area contributed by atoms with Gasteiger partial charge in [-0.15, -0.1) is 0 Å². The third-order valence-electron chi connectivity index (χ3n) is 3.92. The fraction of sp³-hybridized carbons (Fsp3) is 0.111. The second-order valence-corrected chi connectivity index (χ2v) is 7.08. The number of hydrogen-bond acceptors (Lipinski definition) is 3. The van der Waals surface area contributed by atoms with Gasteiger partial charge in [-0.05, 0) is 30.3 Å². The van der Waals surface area contributed by atoms with Crippen molar-refractivity contribution >= 4 is 35.0 Å². The van der Waals surface area contributed by atoms with E-state index >= 15 is 0 Å². The first-order valence-electron chi connectivity index (χ1n) is 7.67. The number of benzene rings is 2. The smallest absolute Gasteiger partial charge is 0.257 e. The summed E-state index contributed by atoms with van der Waals surface area (Å²) in [7, 11) is 0. The SMILES string of the molecule is O=C(Nc1ccc(-c2cn3c(n2)SCC3)cc1)c1ccc(F)cc1Cl. The number of thioether (sulfide) groups is 1. The second kappa shape index (κ2) is 6.54. The van der Waals surface area contributed by atoms with Crippen LogP contribution < -0.4 is 5.32 Å². The van der Waals surface area contributed by atoms with Crippen molar-refractivity contribution < 1.29 is 9.18 Å². The number of imidazole rings is 1. The number of amides is 1. The van der Waals surface area contributed by atoms with Crippen LogP contribution in [0.2, 0.25) is 5.02 Å². The highest BCUT2D eigenvalue weighted by atomic mass is 35.5. The summed E-state index contributed by atoms with van der Waals surface area (Å²) >= 11 is 7.67. The molecule has 4 nitrogen and oxygen atoms in total. The lowest BCUT2D eigenvalue weighted by atomic mass is 10.1. The van der Waals surface area contributed by atoms with E-state index in [1.165, 1.54) is 12.1 Å². The van der Waals surface area contributed by atoms with Crippen molar-refractivity contribution in [2.24, 2.45) is 0 Å². The van der Waals surface area contributed by atoms with Crippen LogP contribution in [0.15, 0.2) is 53.8 Å². The van der Waals surface area contributed by atoms with E-state index in [4.69, 9.17) is 11.6 Å². The van der Waals surface area contributed by atoms with Crippen LogP contribution in [0, 0.1) is 5.82 Å². The number of anilines is 1. The van der Waals surface area contributed by atoms with Gasteiger partial charge in [0.15, 0.2) is 5.16 Å². The van der Waals surface area contributed by atoms with Crippen LogP contribution in [0.4, 0.5) is 10.1 Å². The zero-order valence-electron chi connectivity index (χ0n) is 13.0. The van der Waals surface area contributed by atoms with E-state index in [-0.39, 0.29) is 16.5 Å². The molecule has 0 spiro atoms. The molecule has 126 valence electrons. The fourth-order valence-electron chi connectivity index (χ4n) is 2.65. The number of carbonyl (C=O) groups excluding carboxylic acids is 1. The van der Waals surface area contributed by atoms with Gasteiger partial charge in [0.05, 0.1) is 16.3 Å². The summed E-state index contributed by atoms with van der Waals surface area (Å²) in [6.45, 7) is 0.986. The maximum absolute atomic E-state index is 13.1. The van der Waals surface area contributed by atoms with Gasteiger partial charge in [0.25, 0.3) is 5.91 Å². The molecule has 0 aliphatic carbocycles. The molecule has 0 saturated carbocycles. The minimum Gasteiger partial charge on any atom is -0.325 e. The topological polar surface area (TPSA) is 46.9 Å². The van der Waals surface area contributed by atoms with Crippen molar-refractivity contribution in [1.82, 2.24) is 9.55 Å². The molecule has 2 aromatic carbocycles. The molecule has 0 unspecified atom stereocenters. The number of hydrogen-bond donors (Lipinski definition) is 1. The van der Waals surface area contributed by atoms with Crippen LogP contribution >= 0.6 is 23.4 Å². The molecule has 0 saturated heterocycles. The Morgan fingerprint density at radius 2 is 2.04 bits per heavy atom. The van der Waals surface area contributed by atoms with Crippen molar-refractivity contribution in [3.8, 4) is 11.3 Å². The van der Waals surface area contributed by atoms with E-state index in [1.54, 1.807) is 11.8 Å². The van der Waals surface area contributed by atoms with Gasteiger partial charge in [0, 0.05) is 29.7 Å². The van der Waals surface area contributed by atoms with E-state index in [0.717, 1.165) is 34.8 Å². The number of nitrogens with one attached hydrogen (secondary N) is 1. The average Bonchev–Trinajstić information content (AvgIpc) is 3.17. The van der Waals surface area contributed by atoms with Crippen molar-refractivity contribution in [3.63, 3.8) is 0 Å². The monoisotopic (exact) mass is 373 g/mol. The number of aryl methyl sites for hydroxylation is 1. The summed E-state index contributed by atoms with van der Waals surface area (Å²) < 4.78 is 15.2. The predicted octanol–water partition coefficient (Wildman–Crippen LogP) is 4.70. The number of nitrogens with zero attached hydrogens (tertiary/aromatic N) is 2. The third kappa shape index (κ3) is 3.27. The molecule has 1 amide bonds. The molecule has 0 bridgehead atoms. The van der Waals surface area contributed by atoms with Crippen molar-refractivity contribution in [2.45, 2.75) is 11.7 Å². The number of rotatable bonds is 3. The highest BCUT2D eigenvalue weighted by molar-refractivity contribution is 7.99. The molecule has 1 N–H and O–H groups in total. The Bertz CT molecular complexity index is 934. The lowest BCUT2D eigenvalue weighted by molar-refractivity contribution is 0.102. The lowest BCUT2D eigenvalue weighted by Gasteiger charge is -2.07. The fourth-order valence-corrected chi connectivity index (χ4v) is 3.84. The minimum absolute atomic E-state index is 0.0825. The lowest BCUT2D eigenvalue weighted by Crippen LogP contribution is -2.12. The minimum atomic E-state index is -0.476. The van der Waals surface area contributed by atoms with E-state index in [9.17, 15) is 9.18 Å². The predicted molar refractivity (Wildman–Crippen MR) is 97.8 cm³/mol. The molecule has 3 aromatic rings. The van der Waals surface area contributed by atoms with Crippen molar-refractivity contribution in [2.75, 3.05) is 11.1 Å². The summed E-state index contributed by atoms with van der Waals surface area (Å²) in [4.78, 5) is 16.9. The highest BCUT2D eigenvalue weighted by Gasteiger charge is 2.15. The molecule has 1 aromatic heterocycles. The molecule has 7 heteroatoms. The molecule has 25 heavy (non-hydrogen) atoms. The van der Waals surface area contributed by atoms with E-state index < -0.39 is 5.82 Å². The first-order chi connectivity index (χ1) is 12.1. The van der Waals surface area contributed by atoms with Gasteiger partial charge >= 0.3 is 0 Å². The molecule has 1 aliphatic heterocycles. The molecule has 1 aliphatic rings. The number of carbonyl (C=O) groups is 1. The van der Waals surface area contributed by atoms with E-state index in [2.05, 4.69) is 14.9 Å². The van der Waals surface area contributed by atoms with E-state index in [0.29, 0.717) is 5.69 Å². The molecule has 4 rings (SSSR count). The largest absolute Gasteiger partial charge is 0.325 e. The average molecular weight is 374 g/mol.